The average Bonchev–Trinajstić information content (AvgIpc) is 2.88. The normalized spacial score (nSPS) is 24.5. The molecule has 0 aromatic carbocycles. The summed E-state index contributed by atoms with van der Waals surface area (Å²) < 4.78 is 27.8. The summed E-state index contributed by atoms with van der Waals surface area (Å²) >= 11 is 1.26. The lowest BCUT2D eigenvalue weighted by atomic mass is 9.85. The van der Waals surface area contributed by atoms with Crippen molar-refractivity contribution in [2.75, 3.05) is 0 Å². The number of hydrogen-bond donors (Lipinski definition) is 2. The molecule has 1 aliphatic rings. The van der Waals surface area contributed by atoms with Crippen molar-refractivity contribution in [3.8, 4) is 0 Å². The molecule has 0 spiro atoms. The Balaban J connectivity index is 2.04. The van der Waals surface area contributed by atoms with Crippen LogP contribution >= 0.6 is 11.3 Å². The highest BCUT2D eigenvalue weighted by atomic mass is 32.2. The van der Waals surface area contributed by atoms with E-state index in [9.17, 15) is 8.42 Å². The van der Waals surface area contributed by atoms with Crippen molar-refractivity contribution in [3.05, 3.63) is 17.0 Å². The molecule has 19 heavy (non-hydrogen) atoms. The molecule has 2 atom stereocenters. The second kappa shape index (κ2) is 6.35. The molecular formula is C13H22N2O2S2. The zero-order valence-corrected chi connectivity index (χ0v) is 12.9. The van der Waals surface area contributed by atoms with Crippen LogP contribution in [0.15, 0.2) is 16.3 Å². The van der Waals surface area contributed by atoms with Crippen LogP contribution in [-0.2, 0) is 16.6 Å². The SMILES string of the molecule is CCC1CCCC(NS(=O)(=O)c2ccc(CN)s2)C1. The molecule has 0 saturated heterocycles. The number of sulfonamides is 1. The maximum absolute atomic E-state index is 12.3. The van der Waals surface area contributed by atoms with Gasteiger partial charge in [-0.25, -0.2) is 13.1 Å². The Morgan fingerprint density at radius 3 is 2.84 bits per heavy atom. The van der Waals surface area contributed by atoms with Gasteiger partial charge in [-0.15, -0.1) is 11.3 Å². The van der Waals surface area contributed by atoms with Crippen molar-refractivity contribution in [3.63, 3.8) is 0 Å². The van der Waals surface area contributed by atoms with Crippen molar-refractivity contribution >= 4 is 21.4 Å². The van der Waals surface area contributed by atoms with Crippen molar-refractivity contribution in [1.29, 1.82) is 0 Å². The molecule has 1 aromatic rings. The summed E-state index contributed by atoms with van der Waals surface area (Å²) in [5.74, 6) is 0.657. The van der Waals surface area contributed by atoms with E-state index in [-0.39, 0.29) is 6.04 Å². The number of hydrogen-bond acceptors (Lipinski definition) is 4. The van der Waals surface area contributed by atoms with Gasteiger partial charge in [0.15, 0.2) is 0 Å². The molecule has 1 saturated carbocycles. The minimum Gasteiger partial charge on any atom is -0.326 e. The minimum absolute atomic E-state index is 0.0899. The van der Waals surface area contributed by atoms with E-state index in [1.54, 1.807) is 12.1 Å². The van der Waals surface area contributed by atoms with E-state index < -0.39 is 10.0 Å². The van der Waals surface area contributed by atoms with Crippen molar-refractivity contribution < 1.29 is 8.42 Å². The molecule has 1 aliphatic carbocycles. The Kier molecular flexibility index (Phi) is 5.00. The zero-order chi connectivity index (χ0) is 13.9. The third kappa shape index (κ3) is 3.78. The molecular weight excluding hydrogens is 280 g/mol. The molecule has 3 N–H and O–H groups in total. The summed E-state index contributed by atoms with van der Waals surface area (Å²) in [5, 5.41) is 0. The Bertz CT molecular complexity index is 510. The van der Waals surface area contributed by atoms with Gasteiger partial charge in [0.1, 0.15) is 4.21 Å². The van der Waals surface area contributed by atoms with Crippen LogP contribution in [0.25, 0.3) is 0 Å². The molecule has 1 heterocycles. The van der Waals surface area contributed by atoms with Crippen LogP contribution in [0.1, 0.15) is 43.9 Å². The van der Waals surface area contributed by atoms with Gasteiger partial charge >= 0.3 is 0 Å². The van der Waals surface area contributed by atoms with E-state index in [4.69, 9.17) is 5.73 Å². The van der Waals surface area contributed by atoms with E-state index in [1.807, 2.05) is 0 Å². The predicted octanol–water partition coefficient (Wildman–Crippen LogP) is 2.45. The largest absolute Gasteiger partial charge is 0.326 e. The molecule has 0 amide bonds. The summed E-state index contributed by atoms with van der Waals surface area (Å²) in [6.07, 6.45) is 5.39. The van der Waals surface area contributed by atoms with Gasteiger partial charge in [0.25, 0.3) is 0 Å². The second-order valence-corrected chi connectivity index (χ2v) is 8.29. The van der Waals surface area contributed by atoms with Crippen LogP contribution in [0, 0.1) is 5.92 Å². The van der Waals surface area contributed by atoms with E-state index in [0.717, 1.165) is 30.6 Å². The fourth-order valence-electron chi connectivity index (χ4n) is 2.66. The van der Waals surface area contributed by atoms with Gasteiger partial charge in [-0.3, -0.25) is 0 Å². The second-order valence-electron chi connectivity index (χ2n) is 5.18. The standard InChI is InChI=1S/C13H22N2O2S2/c1-2-10-4-3-5-11(8-10)15-19(16,17)13-7-6-12(9-14)18-13/h6-7,10-11,15H,2-5,8-9,14H2,1H3. The Labute approximate surface area is 119 Å². The maximum Gasteiger partial charge on any atom is 0.250 e. The topological polar surface area (TPSA) is 72.2 Å². The molecule has 4 nitrogen and oxygen atoms in total. The Morgan fingerprint density at radius 2 is 2.21 bits per heavy atom. The van der Waals surface area contributed by atoms with Gasteiger partial charge < -0.3 is 5.73 Å². The minimum atomic E-state index is -3.37. The lowest BCUT2D eigenvalue weighted by Gasteiger charge is -2.28. The molecule has 1 fully saturated rings. The molecule has 0 radical (unpaired) electrons. The third-order valence-electron chi connectivity index (χ3n) is 3.79. The maximum atomic E-state index is 12.3. The number of nitrogens with two attached hydrogens (primary N) is 1. The molecule has 0 bridgehead atoms. The summed E-state index contributed by atoms with van der Waals surface area (Å²) in [4.78, 5) is 0.899. The Hall–Kier alpha value is -0.430. The first-order valence-corrected chi connectivity index (χ1v) is 9.16. The summed E-state index contributed by atoms with van der Waals surface area (Å²) in [6, 6.07) is 3.52. The Morgan fingerprint density at radius 1 is 1.42 bits per heavy atom. The smallest absolute Gasteiger partial charge is 0.250 e. The summed E-state index contributed by atoms with van der Waals surface area (Å²) in [7, 11) is -3.37. The van der Waals surface area contributed by atoms with E-state index in [0.29, 0.717) is 16.7 Å². The first-order valence-electron chi connectivity index (χ1n) is 6.86. The monoisotopic (exact) mass is 302 g/mol. The summed E-state index contributed by atoms with van der Waals surface area (Å²) in [5.41, 5.74) is 5.52. The highest BCUT2D eigenvalue weighted by molar-refractivity contribution is 7.91. The van der Waals surface area contributed by atoms with Crippen LogP contribution < -0.4 is 10.5 Å². The predicted molar refractivity (Wildman–Crippen MR) is 78.6 cm³/mol. The molecule has 2 rings (SSSR count). The zero-order valence-electron chi connectivity index (χ0n) is 11.3. The lowest BCUT2D eigenvalue weighted by molar-refractivity contribution is 0.301. The highest BCUT2D eigenvalue weighted by Crippen LogP contribution is 2.28. The van der Waals surface area contributed by atoms with Gasteiger partial charge in [0.05, 0.1) is 0 Å². The molecule has 108 valence electrons. The average molecular weight is 302 g/mol. The van der Waals surface area contributed by atoms with E-state index >= 15 is 0 Å². The molecule has 1 aromatic heterocycles. The molecule has 2 unspecified atom stereocenters. The van der Waals surface area contributed by atoms with Gasteiger partial charge in [0.2, 0.25) is 10.0 Å². The van der Waals surface area contributed by atoms with Crippen LogP contribution in [0.5, 0.6) is 0 Å². The first-order chi connectivity index (χ1) is 9.05. The van der Waals surface area contributed by atoms with Crippen molar-refractivity contribution in [2.45, 2.75) is 55.8 Å². The highest BCUT2D eigenvalue weighted by Gasteiger charge is 2.26. The van der Waals surface area contributed by atoms with Crippen LogP contribution in [0.2, 0.25) is 0 Å². The van der Waals surface area contributed by atoms with Gasteiger partial charge in [-0.2, -0.15) is 0 Å². The van der Waals surface area contributed by atoms with Crippen LogP contribution in [0.3, 0.4) is 0 Å². The van der Waals surface area contributed by atoms with Gasteiger partial charge in [-0.05, 0) is 30.9 Å². The number of thiophene rings is 1. The van der Waals surface area contributed by atoms with E-state index in [2.05, 4.69) is 11.6 Å². The summed E-state index contributed by atoms with van der Waals surface area (Å²) in [6.45, 7) is 2.57. The van der Waals surface area contributed by atoms with E-state index in [1.165, 1.54) is 17.8 Å². The molecule has 0 aliphatic heterocycles. The van der Waals surface area contributed by atoms with Crippen LogP contribution in [-0.4, -0.2) is 14.5 Å². The number of nitrogens with one attached hydrogen (secondary N) is 1. The van der Waals surface area contributed by atoms with Crippen molar-refractivity contribution in [1.82, 2.24) is 4.72 Å². The van der Waals surface area contributed by atoms with Gasteiger partial charge in [0, 0.05) is 17.5 Å². The lowest BCUT2D eigenvalue weighted by Crippen LogP contribution is -2.38. The first kappa shape index (κ1) is 15.0. The third-order valence-corrected chi connectivity index (χ3v) is 6.90. The fraction of sp³-hybridized carbons (Fsp3) is 0.692. The van der Waals surface area contributed by atoms with Crippen LogP contribution in [0.4, 0.5) is 0 Å². The fourth-order valence-corrected chi connectivity index (χ4v) is 5.19. The quantitative estimate of drug-likeness (QED) is 0.877. The number of rotatable bonds is 5. The van der Waals surface area contributed by atoms with Crippen molar-refractivity contribution in [2.24, 2.45) is 11.7 Å². The molecule has 6 heteroatoms. The van der Waals surface area contributed by atoms with Gasteiger partial charge in [-0.1, -0.05) is 26.2 Å².